The summed E-state index contributed by atoms with van der Waals surface area (Å²) >= 11 is 0. The molecule has 1 aromatic heterocycles. The van der Waals surface area contributed by atoms with E-state index in [9.17, 15) is 8.42 Å². The number of rotatable bonds is 6. The molecule has 1 rings (SSSR count). The number of hydrogen-bond donors (Lipinski definition) is 1. The Balaban J connectivity index is 2.43. The molecule has 0 saturated heterocycles. The van der Waals surface area contributed by atoms with E-state index in [4.69, 9.17) is 5.73 Å². The van der Waals surface area contributed by atoms with Crippen molar-refractivity contribution in [2.75, 3.05) is 18.1 Å². The summed E-state index contributed by atoms with van der Waals surface area (Å²) in [6, 6.07) is 5.50. The Kier molecular flexibility index (Phi) is 4.71. The molecule has 0 aliphatic rings. The van der Waals surface area contributed by atoms with E-state index in [1.807, 2.05) is 18.2 Å². The van der Waals surface area contributed by atoms with Gasteiger partial charge in [0, 0.05) is 18.3 Å². The maximum Gasteiger partial charge on any atom is 0.150 e. The first kappa shape index (κ1) is 12.1. The maximum absolute atomic E-state index is 11.5. The molecule has 0 unspecified atom stereocenters. The molecule has 0 saturated carbocycles. The van der Waals surface area contributed by atoms with Crippen molar-refractivity contribution >= 4 is 9.84 Å². The molecule has 2 N–H and O–H groups in total. The Morgan fingerprint density at radius 1 is 1.27 bits per heavy atom. The van der Waals surface area contributed by atoms with Crippen LogP contribution in [0, 0.1) is 0 Å². The van der Waals surface area contributed by atoms with Gasteiger partial charge in [0.1, 0.15) is 0 Å². The molecule has 4 nitrogen and oxygen atoms in total. The minimum absolute atomic E-state index is 0.157. The first-order valence-electron chi connectivity index (χ1n) is 4.94. The van der Waals surface area contributed by atoms with E-state index in [2.05, 4.69) is 4.98 Å². The number of aryl methyl sites for hydroxylation is 1. The van der Waals surface area contributed by atoms with Gasteiger partial charge in [-0.25, -0.2) is 8.42 Å². The molecule has 15 heavy (non-hydrogen) atoms. The average molecular weight is 228 g/mol. The van der Waals surface area contributed by atoms with Crippen molar-refractivity contribution in [1.29, 1.82) is 0 Å². The maximum atomic E-state index is 11.5. The van der Waals surface area contributed by atoms with Crippen LogP contribution in [0.3, 0.4) is 0 Å². The Morgan fingerprint density at radius 2 is 2.07 bits per heavy atom. The van der Waals surface area contributed by atoms with Gasteiger partial charge in [-0.15, -0.1) is 0 Å². The summed E-state index contributed by atoms with van der Waals surface area (Å²) in [7, 11) is -2.96. The van der Waals surface area contributed by atoms with Gasteiger partial charge in [0.2, 0.25) is 0 Å². The van der Waals surface area contributed by atoms with E-state index in [0.717, 1.165) is 5.69 Å². The number of nitrogens with zero attached hydrogens (tertiary/aromatic N) is 1. The number of nitrogens with two attached hydrogens (primary N) is 1. The summed E-state index contributed by atoms with van der Waals surface area (Å²) in [4.78, 5) is 4.07. The molecule has 84 valence electrons. The topological polar surface area (TPSA) is 73.1 Å². The van der Waals surface area contributed by atoms with Crippen LogP contribution in [-0.2, 0) is 16.3 Å². The highest BCUT2D eigenvalue weighted by atomic mass is 32.2. The summed E-state index contributed by atoms with van der Waals surface area (Å²) in [5, 5.41) is 0. The molecule has 0 amide bonds. The molecule has 0 atom stereocenters. The minimum Gasteiger partial charge on any atom is -0.330 e. The zero-order chi connectivity index (χ0) is 11.1. The first-order valence-corrected chi connectivity index (χ1v) is 6.76. The van der Waals surface area contributed by atoms with E-state index < -0.39 is 9.84 Å². The molecule has 0 aliphatic heterocycles. The summed E-state index contributed by atoms with van der Waals surface area (Å²) in [5.41, 5.74) is 6.08. The van der Waals surface area contributed by atoms with Gasteiger partial charge >= 0.3 is 0 Å². The normalized spacial score (nSPS) is 11.5. The highest BCUT2D eigenvalue weighted by Gasteiger charge is 2.10. The van der Waals surface area contributed by atoms with Crippen LogP contribution in [0.15, 0.2) is 24.4 Å². The number of sulfone groups is 1. The highest BCUT2D eigenvalue weighted by molar-refractivity contribution is 7.91. The van der Waals surface area contributed by atoms with Crippen LogP contribution in [0.4, 0.5) is 0 Å². The lowest BCUT2D eigenvalue weighted by atomic mass is 10.3. The average Bonchev–Trinajstić information content (AvgIpc) is 2.25. The van der Waals surface area contributed by atoms with Crippen LogP contribution < -0.4 is 5.73 Å². The van der Waals surface area contributed by atoms with Gasteiger partial charge in [-0.2, -0.15) is 0 Å². The van der Waals surface area contributed by atoms with Gasteiger partial charge in [0.05, 0.1) is 11.5 Å². The summed E-state index contributed by atoms with van der Waals surface area (Å²) in [6.45, 7) is 0.419. The van der Waals surface area contributed by atoms with Gasteiger partial charge in [-0.1, -0.05) is 6.07 Å². The highest BCUT2D eigenvalue weighted by Crippen LogP contribution is 2.00. The second-order valence-electron chi connectivity index (χ2n) is 3.37. The van der Waals surface area contributed by atoms with Crippen molar-refractivity contribution in [3.8, 4) is 0 Å². The summed E-state index contributed by atoms with van der Waals surface area (Å²) < 4.78 is 23.0. The van der Waals surface area contributed by atoms with Gasteiger partial charge < -0.3 is 5.73 Å². The number of hydrogen-bond acceptors (Lipinski definition) is 4. The monoisotopic (exact) mass is 228 g/mol. The van der Waals surface area contributed by atoms with Crippen LogP contribution in [0.5, 0.6) is 0 Å². The van der Waals surface area contributed by atoms with E-state index in [0.29, 0.717) is 19.4 Å². The van der Waals surface area contributed by atoms with Crippen LogP contribution in [0.2, 0.25) is 0 Å². The zero-order valence-electron chi connectivity index (χ0n) is 8.59. The van der Waals surface area contributed by atoms with Gasteiger partial charge in [0.15, 0.2) is 9.84 Å². The fourth-order valence-corrected chi connectivity index (χ4v) is 2.54. The molecule has 0 aromatic carbocycles. The van der Waals surface area contributed by atoms with Crippen molar-refractivity contribution < 1.29 is 8.42 Å². The van der Waals surface area contributed by atoms with Crippen molar-refractivity contribution in [3.05, 3.63) is 30.1 Å². The molecule has 0 radical (unpaired) electrons. The lowest BCUT2D eigenvalue weighted by molar-refractivity contribution is 0.592. The van der Waals surface area contributed by atoms with Gasteiger partial charge in [-0.3, -0.25) is 4.98 Å². The van der Waals surface area contributed by atoms with Gasteiger partial charge in [-0.05, 0) is 25.1 Å². The van der Waals surface area contributed by atoms with Crippen molar-refractivity contribution in [2.45, 2.75) is 12.8 Å². The summed E-state index contributed by atoms with van der Waals surface area (Å²) in [5.74, 6) is 0.334. The third-order valence-corrected chi connectivity index (χ3v) is 3.79. The lowest BCUT2D eigenvalue weighted by Crippen LogP contribution is -2.16. The molecule has 0 fully saturated rings. The lowest BCUT2D eigenvalue weighted by Gasteiger charge is -2.02. The minimum atomic E-state index is -2.96. The Morgan fingerprint density at radius 3 is 2.67 bits per heavy atom. The van der Waals surface area contributed by atoms with Crippen LogP contribution in [0.25, 0.3) is 0 Å². The number of pyridine rings is 1. The second kappa shape index (κ2) is 5.82. The Hall–Kier alpha value is -0.940. The van der Waals surface area contributed by atoms with E-state index in [-0.39, 0.29) is 11.5 Å². The second-order valence-corrected chi connectivity index (χ2v) is 5.67. The van der Waals surface area contributed by atoms with E-state index in [1.54, 1.807) is 6.20 Å². The SMILES string of the molecule is NCCCS(=O)(=O)CCc1ccccn1. The summed E-state index contributed by atoms with van der Waals surface area (Å²) in [6.07, 6.45) is 2.68. The largest absolute Gasteiger partial charge is 0.330 e. The van der Waals surface area contributed by atoms with Crippen molar-refractivity contribution in [3.63, 3.8) is 0 Å². The first-order chi connectivity index (χ1) is 7.14. The number of aromatic nitrogens is 1. The molecule has 1 aromatic rings. The third-order valence-electron chi connectivity index (χ3n) is 2.05. The smallest absolute Gasteiger partial charge is 0.150 e. The standard InChI is InChI=1S/C10H16N2O2S/c11-6-3-8-15(13,14)9-5-10-4-1-2-7-12-10/h1-2,4,7H,3,5-6,8-9,11H2. The molecule has 1 heterocycles. The quantitative estimate of drug-likeness (QED) is 0.764. The van der Waals surface area contributed by atoms with Crippen LogP contribution in [0.1, 0.15) is 12.1 Å². The zero-order valence-corrected chi connectivity index (χ0v) is 9.41. The third kappa shape index (κ3) is 4.90. The van der Waals surface area contributed by atoms with Crippen molar-refractivity contribution in [2.24, 2.45) is 5.73 Å². The predicted molar refractivity (Wildman–Crippen MR) is 60.3 cm³/mol. The van der Waals surface area contributed by atoms with E-state index in [1.165, 1.54) is 0 Å². The Bertz CT molecular complexity index is 376. The fraction of sp³-hybridized carbons (Fsp3) is 0.500. The molecule has 0 bridgehead atoms. The van der Waals surface area contributed by atoms with E-state index >= 15 is 0 Å². The Labute approximate surface area is 90.4 Å². The molecular weight excluding hydrogens is 212 g/mol. The molecule has 0 spiro atoms. The van der Waals surface area contributed by atoms with Crippen molar-refractivity contribution in [1.82, 2.24) is 4.98 Å². The van der Waals surface area contributed by atoms with Gasteiger partial charge in [0.25, 0.3) is 0 Å². The predicted octanol–water partition coefficient (Wildman–Crippen LogP) is 0.388. The fourth-order valence-electron chi connectivity index (χ4n) is 1.21. The molecule has 0 aliphatic carbocycles. The molecule has 5 heteroatoms. The van der Waals surface area contributed by atoms with Crippen LogP contribution in [-0.4, -0.2) is 31.5 Å². The van der Waals surface area contributed by atoms with Crippen LogP contribution >= 0.6 is 0 Å². The molecular formula is C10H16N2O2S.